The van der Waals surface area contributed by atoms with Crippen LogP contribution in [0.15, 0.2) is 30.5 Å². The smallest absolute Gasteiger partial charge is 0.404 e. The lowest BCUT2D eigenvalue weighted by Crippen LogP contribution is -2.19. The minimum absolute atomic E-state index is 0.249. The van der Waals surface area contributed by atoms with Crippen LogP contribution in [0, 0.1) is 0 Å². The van der Waals surface area contributed by atoms with Crippen LogP contribution in [0.2, 0.25) is 0 Å². The van der Waals surface area contributed by atoms with Crippen molar-refractivity contribution in [1.82, 2.24) is 10.3 Å². The summed E-state index contributed by atoms with van der Waals surface area (Å²) in [7, 11) is 0. The summed E-state index contributed by atoms with van der Waals surface area (Å²) in [5.41, 5.74) is 1.52. The Morgan fingerprint density at radius 3 is 2.72 bits per heavy atom. The maximum Gasteiger partial charge on any atom is 0.404 e. The van der Waals surface area contributed by atoms with Gasteiger partial charge in [-0.15, -0.1) is 11.3 Å². The van der Waals surface area contributed by atoms with Crippen LogP contribution in [0.3, 0.4) is 0 Å². The predicted molar refractivity (Wildman–Crippen MR) is 67.8 cm³/mol. The normalized spacial score (nSPS) is 10.0. The minimum atomic E-state index is -1.06. The highest BCUT2D eigenvalue weighted by molar-refractivity contribution is 7.15. The zero-order chi connectivity index (χ0) is 13.0. The Labute approximate surface area is 107 Å². The highest BCUT2D eigenvalue weighted by Gasteiger charge is 2.05. The second-order valence-corrected chi connectivity index (χ2v) is 4.65. The van der Waals surface area contributed by atoms with Gasteiger partial charge in [-0.3, -0.25) is 4.79 Å². The van der Waals surface area contributed by atoms with Crippen LogP contribution < -0.4 is 5.32 Å². The monoisotopic (exact) mass is 262 g/mol. The Hall–Kier alpha value is -2.21. The van der Waals surface area contributed by atoms with Gasteiger partial charge >= 0.3 is 6.09 Å². The van der Waals surface area contributed by atoms with Crippen molar-refractivity contribution in [2.24, 2.45) is 0 Å². The van der Waals surface area contributed by atoms with E-state index < -0.39 is 6.09 Å². The molecule has 1 aromatic heterocycles. The van der Waals surface area contributed by atoms with Crippen molar-refractivity contribution in [1.29, 1.82) is 0 Å². The second-order valence-electron chi connectivity index (χ2n) is 3.53. The molecule has 0 fully saturated rings. The molecule has 0 saturated heterocycles. The summed E-state index contributed by atoms with van der Waals surface area (Å²) in [6.07, 6.45) is 1.37. The van der Waals surface area contributed by atoms with Gasteiger partial charge in [-0.1, -0.05) is 24.3 Å². The molecule has 5 nitrogen and oxygen atoms in total. The van der Waals surface area contributed by atoms with E-state index in [-0.39, 0.29) is 6.54 Å². The summed E-state index contributed by atoms with van der Waals surface area (Å²) in [6, 6.07) is 7.08. The van der Waals surface area contributed by atoms with Gasteiger partial charge in [0.15, 0.2) is 0 Å². The minimum Gasteiger partial charge on any atom is -0.465 e. The van der Waals surface area contributed by atoms with Crippen molar-refractivity contribution in [3.63, 3.8) is 0 Å². The Kier molecular flexibility index (Phi) is 3.69. The predicted octanol–water partition coefficient (Wildman–Crippen LogP) is 2.39. The molecule has 2 aromatic rings. The van der Waals surface area contributed by atoms with E-state index in [0.717, 1.165) is 21.7 Å². The van der Waals surface area contributed by atoms with Crippen LogP contribution in [-0.4, -0.2) is 22.5 Å². The molecule has 2 N–H and O–H groups in total. The number of amides is 1. The first kappa shape index (κ1) is 12.3. The fourth-order valence-corrected chi connectivity index (χ4v) is 2.25. The van der Waals surface area contributed by atoms with Crippen LogP contribution in [0.4, 0.5) is 4.79 Å². The molecule has 0 spiro atoms. The molecule has 1 heterocycles. The molecule has 0 aliphatic heterocycles. The van der Waals surface area contributed by atoms with E-state index in [1.165, 1.54) is 11.3 Å². The van der Waals surface area contributed by atoms with Gasteiger partial charge in [-0.2, -0.15) is 0 Å². The molecular formula is C12H10N2O3S. The molecule has 0 atom stereocenters. The summed E-state index contributed by atoms with van der Waals surface area (Å²) < 4.78 is 0. The zero-order valence-electron chi connectivity index (χ0n) is 9.29. The summed E-state index contributed by atoms with van der Waals surface area (Å²) in [4.78, 5) is 25.9. The molecule has 6 heteroatoms. The Balaban J connectivity index is 2.13. The summed E-state index contributed by atoms with van der Waals surface area (Å²) in [6.45, 7) is 0.249. The first-order chi connectivity index (χ1) is 8.69. The number of aldehydes is 1. The second kappa shape index (κ2) is 5.42. The van der Waals surface area contributed by atoms with Crippen molar-refractivity contribution >= 4 is 23.7 Å². The molecule has 0 aliphatic carbocycles. The maximum atomic E-state index is 10.5. The number of hydrogen-bond donors (Lipinski definition) is 2. The number of rotatable bonds is 4. The van der Waals surface area contributed by atoms with Gasteiger partial charge in [0.25, 0.3) is 0 Å². The van der Waals surface area contributed by atoms with Gasteiger partial charge in [0.2, 0.25) is 0 Å². The lowest BCUT2D eigenvalue weighted by molar-refractivity contribution is 0.112. The van der Waals surface area contributed by atoms with Gasteiger partial charge in [0, 0.05) is 22.2 Å². The van der Waals surface area contributed by atoms with Crippen LogP contribution in [0.25, 0.3) is 10.6 Å². The van der Waals surface area contributed by atoms with E-state index >= 15 is 0 Å². The number of carbonyl (C=O) groups is 2. The van der Waals surface area contributed by atoms with Crippen LogP contribution in [-0.2, 0) is 6.54 Å². The Bertz CT molecular complexity index is 563. The average Bonchev–Trinajstić information content (AvgIpc) is 2.85. The molecule has 2 rings (SSSR count). The van der Waals surface area contributed by atoms with Crippen molar-refractivity contribution < 1.29 is 14.7 Å². The third-order valence-corrected chi connectivity index (χ3v) is 3.31. The third-order valence-electron chi connectivity index (χ3n) is 2.26. The summed E-state index contributed by atoms with van der Waals surface area (Å²) >= 11 is 1.42. The fourth-order valence-electron chi connectivity index (χ4n) is 1.39. The molecule has 0 saturated carbocycles. The molecule has 0 bridgehead atoms. The van der Waals surface area contributed by atoms with Crippen LogP contribution in [0.5, 0.6) is 0 Å². The van der Waals surface area contributed by atoms with Crippen LogP contribution >= 0.6 is 11.3 Å². The van der Waals surface area contributed by atoms with Crippen LogP contribution in [0.1, 0.15) is 15.2 Å². The van der Waals surface area contributed by atoms with E-state index in [2.05, 4.69) is 10.3 Å². The van der Waals surface area contributed by atoms with Gasteiger partial charge in [-0.25, -0.2) is 9.78 Å². The molecule has 0 radical (unpaired) electrons. The van der Waals surface area contributed by atoms with Crippen molar-refractivity contribution in [3.8, 4) is 10.6 Å². The topological polar surface area (TPSA) is 79.3 Å². The molecule has 92 valence electrons. The highest BCUT2D eigenvalue weighted by atomic mass is 32.1. The van der Waals surface area contributed by atoms with Gasteiger partial charge in [0.1, 0.15) is 11.3 Å². The number of aromatic nitrogens is 1. The first-order valence-electron chi connectivity index (χ1n) is 5.16. The SMILES string of the molecule is O=Cc1ccc(-c2ncc(CNC(=O)O)s2)cc1. The third kappa shape index (κ3) is 2.92. The quantitative estimate of drug-likeness (QED) is 0.829. The zero-order valence-corrected chi connectivity index (χ0v) is 10.1. The fraction of sp³-hybridized carbons (Fsp3) is 0.0833. The van der Waals surface area contributed by atoms with E-state index in [1.54, 1.807) is 18.3 Å². The van der Waals surface area contributed by atoms with Gasteiger partial charge < -0.3 is 10.4 Å². The van der Waals surface area contributed by atoms with E-state index in [1.807, 2.05) is 12.1 Å². The number of carboxylic acid groups (broad SMARTS) is 1. The maximum absolute atomic E-state index is 10.5. The molecule has 18 heavy (non-hydrogen) atoms. The lowest BCUT2D eigenvalue weighted by Gasteiger charge is -1.96. The van der Waals surface area contributed by atoms with E-state index in [9.17, 15) is 9.59 Å². The van der Waals surface area contributed by atoms with Crippen molar-refractivity contribution in [2.75, 3.05) is 0 Å². The number of thiazole rings is 1. The Morgan fingerprint density at radius 1 is 1.39 bits per heavy atom. The number of hydrogen-bond acceptors (Lipinski definition) is 4. The highest BCUT2D eigenvalue weighted by Crippen LogP contribution is 2.25. The molecular weight excluding hydrogens is 252 g/mol. The molecule has 0 aliphatic rings. The number of nitrogens with zero attached hydrogens (tertiary/aromatic N) is 1. The molecule has 1 amide bonds. The van der Waals surface area contributed by atoms with E-state index in [4.69, 9.17) is 5.11 Å². The average molecular weight is 262 g/mol. The van der Waals surface area contributed by atoms with E-state index in [0.29, 0.717) is 5.56 Å². The number of nitrogens with one attached hydrogen (secondary N) is 1. The van der Waals surface area contributed by atoms with Crippen molar-refractivity contribution in [2.45, 2.75) is 6.54 Å². The lowest BCUT2D eigenvalue weighted by atomic mass is 10.1. The standard InChI is InChI=1S/C12H10N2O3S/c15-7-8-1-3-9(4-2-8)11-13-5-10(18-11)6-14-12(16)17/h1-5,7,14H,6H2,(H,16,17). The van der Waals surface area contributed by atoms with Gasteiger partial charge in [0.05, 0.1) is 6.54 Å². The Morgan fingerprint density at radius 2 is 2.11 bits per heavy atom. The van der Waals surface area contributed by atoms with Crippen molar-refractivity contribution in [3.05, 3.63) is 40.9 Å². The number of benzene rings is 1. The summed E-state index contributed by atoms with van der Waals surface area (Å²) in [5.74, 6) is 0. The molecule has 1 aromatic carbocycles. The first-order valence-corrected chi connectivity index (χ1v) is 5.98. The number of carbonyl (C=O) groups excluding carboxylic acids is 1. The molecule has 0 unspecified atom stereocenters. The van der Waals surface area contributed by atoms with Gasteiger partial charge in [-0.05, 0) is 0 Å². The summed E-state index contributed by atoms with van der Waals surface area (Å²) in [5, 5.41) is 11.6. The largest absolute Gasteiger partial charge is 0.465 e.